The summed E-state index contributed by atoms with van der Waals surface area (Å²) in [7, 11) is 0. The van der Waals surface area contributed by atoms with Crippen molar-refractivity contribution in [2.24, 2.45) is 0 Å². The van der Waals surface area contributed by atoms with Gasteiger partial charge in [-0.25, -0.2) is 19.1 Å². The van der Waals surface area contributed by atoms with Crippen molar-refractivity contribution in [1.29, 1.82) is 0 Å². The second kappa shape index (κ2) is 3.05. The molecule has 0 unspecified atom stereocenters. The van der Waals surface area contributed by atoms with Crippen LogP contribution in [0.1, 0.15) is 20.8 Å². The van der Waals surface area contributed by atoms with Crippen LogP contribution >= 0.6 is 0 Å². The zero-order valence-electron chi connectivity index (χ0n) is 7.28. The molecule has 0 radical (unpaired) electrons. The van der Waals surface area contributed by atoms with Crippen molar-refractivity contribution in [2.75, 3.05) is 0 Å². The molecule has 2 aromatic rings. The van der Waals surface area contributed by atoms with Gasteiger partial charge in [-0.2, -0.15) is 5.10 Å². The molecule has 2 aromatic heterocycles. The summed E-state index contributed by atoms with van der Waals surface area (Å²) < 4.78 is 0.978. The zero-order chi connectivity index (χ0) is 11.0. The average Bonchev–Trinajstić information content (AvgIpc) is 2.59. The van der Waals surface area contributed by atoms with Crippen molar-refractivity contribution >= 4 is 17.6 Å². The van der Waals surface area contributed by atoms with Crippen molar-refractivity contribution in [3.05, 3.63) is 29.7 Å². The Balaban J connectivity index is 2.80. The first-order chi connectivity index (χ1) is 7.11. The SMILES string of the molecule is O=C(O)c1cnn2c(C(=O)O)ccnc12. The second-order valence-corrected chi connectivity index (χ2v) is 2.73. The molecular formula is C8H5N3O4. The van der Waals surface area contributed by atoms with Gasteiger partial charge in [0.25, 0.3) is 0 Å². The highest BCUT2D eigenvalue weighted by atomic mass is 16.4. The summed E-state index contributed by atoms with van der Waals surface area (Å²) in [5.74, 6) is -2.39. The molecule has 0 saturated carbocycles. The smallest absolute Gasteiger partial charge is 0.354 e. The van der Waals surface area contributed by atoms with E-state index in [4.69, 9.17) is 10.2 Å². The maximum absolute atomic E-state index is 10.8. The number of nitrogens with zero attached hydrogens (tertiary/aromatic N) is 3. The van der Waals surface area contributed by atoms with Gasteiger partial charge in [0.05, 0.1) is 6.20 Å². The largest absolute Gasteiger partial charge is 0.477 e. The lowest BCUT2D eigenvalue weighted by atomic mass is 10.3. The number of carbonyl (C=O) groups is 2. The fraction of sp³-hybridized carbons (Fsp3) is 0. The van der Waals surface area contributed by atoms with E-state index in [1.165, 1.54) is 12.3 Å². The predicted molar refractivity (Wildman–Crippen MR) is 46.9 cm³/mol. The van der Waals surface area contributed by atoms with Gasteiger partial charge < -0.3 is 10.2 Å². The van der Waals surface area contributed by atoms with E-state index in [-0.39, 0.29) is 16.9 Å². The van der Waals surface area contributed by atoms with Crippen LogP contribution in [-0.4, -0.2) is 36.7 Å². The number of rotatable bonds is 2. The molecule has 7 heteroatoms. The van der Waals surface area contributed by atoms with Gasteiger partial charge >= 0.3 is 11.9 Å². The van der Waals surface area contributed by atoms with Crippen LogP contribution in [0.15, 0.2) is 18.5 Å². The normalized spacial score (nSPS) is 10.4. The number of aromatic nitrogens is 3. The van der Waals surface area contributed by atoms with Crippen LogP contribution in [0.2, 0.25) is 0 Å². The Kier molecular flexibility index (Phi) is 1.86. The molecule has 7 nitrogen and oxygen atoms in total. The van der Waals surface area contributed by atoms with Crippen molar-refractivity contribution in [2.45, 2.75) is 0 Å². The lowest BCUT2D eigenvalue weighted by Gasteiger charge is -1.97. The Morgan fingerprint density at radius 3 is 2.60 bits per heavy atom. The van der Waals surface area contributed by atoms with E-state index in [0.717, 1.165) is 10.7 Å². The van der Waals surface area contributed by atoms with Gasteiger partial charge in [-0.1, -0.05) is 0 Å². The number of carboxylic acids is 2. The number of carboxylic acid groups (broad SMARTS) is 2. The van der Waals surface area contributed by atoms with Crippen LogP contribution in [0.5, 0.6) is 0 Å². The Hall–Kier alpha value is -2.44. The lowest BCUT2D eigenvalue weighted by molar-refractivity contribution is 0.0678. The third-order valence-electron chi connectivity index (χ3n) is 1.85. The van der Waals surface area contributed by atoms with E-state index in [1.54, 1.807) is 0 Å². The Labute approximate surface area is 82.6 Å². The Morgan fingerprint density at radius 1 is 1.27 bits per heavy atom. The molecule has 0 aliphatic heterocycles. The minimum Gasteiger partial charge on any atom is -0.477 e. The molecule has 15 heavy (non-hydrogen) atoms. The Morgan fingerprint density at radius 2 is 2.00 bits per heavy atom. The van der Waals surface area contributed by atoms with E-state index < -0.39 is 11.9 Å². The molecular weight excluding hydrogens is 202 g/mol. The third-order valence-corrected chi connectivity index (χ3v) is 1.85. The summed E-state index contributed by atoms with van der Waals surface area (Å²) in [6.07, 6.45) is 2.30. The van der Waals surface area contributed by atoms with Crippen LogP contribution in [0.4, 0.5) is 0 Å². The van der Waals surface area contributed by atoms with E-state index in [2.05, 4.69) is 10.1 Å². The van der Waals surface area contributed by atoms with Crippen LogP contribution < -0.4 is 0 Å². The maximum Gasteiger partial charge on any atom is 0.354 e. The quantitative estimate of drug-likeness (QED) is 0.724. The summed E-state index contributed by atoms with van der Waals surface area (Å²) in [5.41, 5.74) is -0.243. The zero-order valence-corrected chi connectivity index (χ0v) is 7.28. The van der Waals surface area contributed by atoms with Gasteiger partial charge in [0.2, 0.25) is 0 Å². The molecule has 0 aliphatic rings. The molecule has 2 rings (SSSR count). The summed E-state index contributed by atoms with van der Waals surface area (Å²) in [6, 6.07) is 1.24. The molecule has 0 fully saturated rings. The summed E-state index contributed by atoms with van der Waals surface area (Å²) in [6.45, 7) is 0. The molecule has 0 bridgehead atoms. The van der Waals surface area contributed by atoms with Crippen LogP contribution in [0, 0.1) is 0 Å². The van der Waals surface area contributed by atoms with E-state index in [0.29, 0.717) is 0 Å². The van der Waals surface area contributed by atoms with Gasteiger partial charge in [0.15, 0.2) is 11.3 Å². The van der Waals surface area contributed by atoms with Crippen molar-refractivity contribution in [3.8, 4) is 0 Å². The van der Waals surface area contributed by atoms with Crippen LogP contribution in [0.25, 0.3) is 5.65 Å². The van der Waals surface area contributed by atoms with Crippen molar-refractivity contribution in [3.63, 3.8) is 0 Å². The van der Waals surface area contributed by atoms with Gasteiger partial charge in [0, 0.05) is 6.20 Å². The standard InChI is InChI=1S/C8H5N3O4/c12-7(13)4-3-10-11-5(8(14)15)1-2-9-6(4)11/h1-3H,(H,12,13)(H,14,15). The number of fused-ring (bicyclic) bond motifs is 1. The third kappa shape index (κ3) is 1.30. The van der Waals surface area contributed by atoms with Crippen LogP contribution in [0.3, 0.4) is 0 Å². The van der Waals surface area contributed by atoms with Gasteiger partial charge in [-0.3, -0.25) is 0 Å². The molecule has 0 spiro atoms. The first-order valence-electron chi connectivity index (χ1n) is 3.90. The number of hydrogen-bond donors (Lipinski definition) is 2. The highest BCUT2D eigenvalue weighted by molar-refractivity contribution is 5.95. The molecule has 2 heterocycles. The molecule has 0 atom stereocenters. The first-order valence-corrected chi connectivity index (χ1v) is 3.90. The van der Waals surface area contributed by atoms with E-state index in [9.17, 15) is 9.59 Å². The average molecular weight is 207 g/mol. The number of hydrogen-bond acceptors (Lipinski definition) is 4. The molecule has 0 aliphatic carbocycles. The molecule has 76 valence electrons. The van der Waals surface area contributed by atoms with Crippen LogP contribution in [-0.2, 0) is 0 Å². The topological polar surface area (TPSA) is 105 Å². The maximum atomic E-state index is 10.8. The Bertz CT molecular complexity index is 560. The second-order valence-electron chi connectivity index (χ2n) is 2.73. The number of aromatic carboxylic acids is 2. The van der Waals surface area contributed by atoms with Gasteiger partial charge in [-0.05, 0) is 6.07 Å². The van der Waals surface area contributed by atoms with Crippen molar-refractivity contribution < 1.29 is 19.8 Å². The summed E-state index contributed by atoms with van der Waals surface area (Å²) in [4.78, 5) is 25.2. The van der Waals surface area contributed by atoms with E-state index >= 15 is 0 Å². The minimum atomic E-state index is -1.19. The molecule has 0 saturated heterocycles. The lowest BCUT2D eigenvalue weighted by Crippen LogP contribution is -2.07. The summed E-state index contributed by atoms with van der Waals surface area (Å²) >= 11 is 0. The molecule has 0 aromatic carbocycles. The fourth-order valence-corrected chi connectivity index (χ4v) is 1.20. The van der Waals surface area contributed by atoms with Crippen molar-refractivity contribution in [1.82, 2.24) is 14.6 Å². The fourth-order valence-electron chi connectivity index (χ4n) is 1.20. The van der Waals surface area contributed by atoms with Gasteiger partial charge in [-0.15, -0.1) is 0 Å². The van der Waals surface area contributed by atoms with E-state index in [1.807, 2.05) is 0 Å². The summed E-state index contributed by atoms with van der Waals surface area (Å²) in [5, 5.41) is 21.2. The van der Waals surface area contributed by atoms with Gasteiger partial charge in [0.1, 0.15) is 5.56 Å². The highest BCUT2D eigenvalue weighted by Crippen LogP contribution is 2.09. The minimum absolute atomic E-state index is 0.0161. The monoisotopic (exact) mass is 207 g/mol. The predicted octanol–water partition coefficient (Wildman–Crippen LogP) is 0.126. The highest BCUT2D eigenvalue weighted by Gasteiger charge is 2.16. The first kappa shape index (κ1) is 9.13. The molecule has 0 amide bonds. The molecule has 2 N–H and O–H groups in total.